The quantitative estimate of drug-likeness (QED) is 0.918. The number of rotatable bonds is 2. The van der Waals surface area contributed by atoms with Gasteiger partial charge in [0.1, 0.15) is 13.2 Å². The van der Waals surface area contributed by atoms with Gasteiger partial charge < -0.3 is 14.8 Å². The molecule has 2 heterocycles. The Kier molecular flexibility index (Phi) is 3.41. The lowest BCUT2D eigenvalue weighted by Crippen LogP contribution is -2.25. The van der Waals surface area contributed by atoms with E-state index in [1.54, 1.807) is 0 Å². The van der Waals surface area contributed by atoms with Gasteiger partial charge in [-0.2, -0.15) is 0 Å². The van der Waals surface area contributed by atoms with Gasteiger partial charge in [0.05, 0.1) is 0 Å². The highest BCUT2D eigenvalue weighted by Gasteiger charge is 2.22. The second kappa shape index (κ2) is 5.56. The van der Waals surface area contributed by atoms with E-state index in [1.807, 2.05) is 0 Å². The van der Waals surface area contributed by atoms with Crippen LogP contribution < -0.4 is 14.8 Å². The van der Waals surface area contributed by atoms with E-state index in [1.165, 1.54) is 22.4 Å². The van der Waals surface area contributed by atoms with Crippen LogP contribution in [-0.4, -0.2) is 19.8 Å². The van der Waals surface area contributed by atoms with Crippen LogP contribution in [0, 0.1) is 12.8 Å². The third-order valence-electron chi connectivity index (χ3n) is 4.50. The van der Waals surface area contributed by atoms with Crippen molar-refractivity contribution in [3.8, 4) is 11.5 Å². The predicted molar refractivity (Wildman–Crippen MR) is 88.0 cm³/mol. The van der Waals surface area contributed by atoms with E-state index in [9.17, 15) is 0 Å². The lowest BCUT2D eigenvalue weighted by molar-refractivity contribution is 0.171. The van der Waals surface area contributed by atoms with Crippen molar-refractivity contribution >= 4 is 5.69 Å². The zero-order chi connectivity index (χ0) is 14.9. The first-order valence-corrected chi connectivity index (χ1v) is 8.00. The fourth-order valence-corrected chi connectivity index (χ4v) is 3.30. The zero-order valence-corrected chi connectivity index (χ0v) is 12.9. The third-order valence-corrected chi connectivity index (χ3v) is 4.50. The van der Waals surface area contributed by atoms with Crippen LogP contribution in [0.4, 0.5) is 5.69 Å². The Morgan fingerprint density at radius 2 is 1.77 bits per heavy atom. The number of ether oxygens (including phenoxy) is 2. The van der Waals surface area contributed by atoms with Gasteiger partial charge in [-0.05, 0) is 42.9 Å². The molecule has 3 heteroatoms. The normalized spacial score (nSPS) is 19.2. The maximum atomic E-state index is 5.70. The lowest BCUT2D eigenvalue weighted by Gasteiger charge is -2.28. The summed E-state index contributed by atoms with van der Waals surface area (Å²) < 4.78 is 11.4. The molecule has 0 amide bonds. The number of anilines is 1. The Morgan fingerprint density at radius 1 is 1.05 bits per heavy atom. The molecule has 0 bridgehead atoms. The molecule has 1 unspecified atom stereocenters. The van der Waals surface area contributed by atoms with Crippen LogP contribution in [0.5, 0.6) is 11.5 Å². The Labute approximate surface area is 131 Å². The summed E-state index contributed by atoms with van der Waals surface area (Å²) in [6.07, 6.45) is 2.20. The van der Waals surface area contributed by atoms with Crippen LogP contribution in [-0.2, 0) is 12.8 Å². The molecule has 0 aromatic heterocycles. The van der Waals surface area contributed by atoms with E-state index < -0.39 is 0 Å². The molecule has 4 rings (SSSR count). The smallest absolute Gasteiger partial charge is 0.163 e. The van der Waals surface area contributed by atoms with Gasteiger partial charge in [-0.3, -0.25) is 0 Å². The van der Waals surface area contributed by atoms with Crippen molar-refractivity contribution in [2.75, 3.05) is 25.1 Å². The van der Waals surface area contributed by atoms with Crippen molar-refractivity contribution in [2.45, 2.75) is 19.8 Å². The Hall–Kier alpha value is -2.16. The molecule has 22 heavy (non-hydrogen) atoms. The van der Waals surface area contributed by atoms with Gasteiger partial charge >= 0.3 is 0 Å². The molecule has 0 spiro atoms. The van der Waals surface area contributed by atoms with Gasteiger partial charge in [-0.15, -0.1) is 0 Å². The molecule has 1 N–H and O–H groups in total. The number of nitrogens with one attached hydrogen (secondary N) is 1. The maximum absolute atomic E-state index is 5.70. The number of aryl methyl sites for hydroxylation is 1. The molecule has 0 fully saturated rings. The van der Waals surface area contributed by atoms with Crippen molar-refractivity contribution in [2.24, 2.45) is 5.92 Å². The van der Waals surface area contributed by atoms with Gasteiger partial charge in [0, 0.05) is 18.3 Å². The lowest BCUT2D eigenvalue weighted by atomic mass is 9.88. The first-order valence-electron chi connectivity index (χ1n) is 8.00. The molecule has 114 valence electrons. The standard InChI is InChI=1S/C19H21NO2/c1-13-2-4-14(5-3-13)8-15-9-16-10-18-19(22-7-6-21-18)11-17(16)20-12-15/h2-5,10-11,15,20H,6-9,12H2,1H3. The molecule has 1 atom stereocenters. The highest BCUT2D eigenvalue weighted by Crippen LogP contribution is 2.38. The van der Waals surface area contributed by atoms with Gasteiger partial charge in [0.2, 0.25) is 0 Å². The van der Waals surface area contributed by atoms with E-state index in [0.29, 0.717) is 19.1 Å². The van der Waals surface area contributed by atoms with Crippen LogP contribution in [0.15, 0.2) is 36.4 Å². The number of fused-ring (bicyclic) bond motifs is 2. The Balaban J connectivity index is 1.52. The van der Waals surface area contributed by atoms with E-state index in [4.69, 9.17) is 9.47 Å². The van der Waals surface area contributed by atoms with Crippen LogP contribution in [0.3, 0.4) is 0 Å². The van der Waals surface area contributed by atoms with Crippen molar-refractivity contribution < 1.29 is 9.47 Å². The van der Waals surface area contributed by atoms with Crippen LogP contribution in [0.25, 0.3) is 0 Å². The molecule has 2 aliphatic rings. The minimum Gasteiger partial charge on any atom is -0.486 e. The summed E-state index contributed by atoms with van der Waals surface area (Å²) in [4.78, 5) is 0. The highest BCUT2D eigenvalue weighted by molar-refractivity contribution is 5.62. The van der Waals surface area contributed by atoms with Gasteiger partial charge in [0.25, 0.3) is 0 Å². The molecular formula is C19H21NO2. The second-order valence-corrected chi connectivity index (χ2v) is 6.29. The average molecular weight is 295 g/mol. The largest absolute Gasteiger partial charge is 0.486 e. The highest BCUT2D eigenvalue weighted by atomic mass is 16.6. The van der Waals surface area contributed by atoms with Crippen LogP contribution in [0.1, 0.15) is 16.7 Å². The molecule has 2 aromatic carbocycles. The summed E-state index contributed by atoms with van der Waals surface area (Å²) in [5, 5.41) is 3.56. The molecule has 0 radical (unpaired) electrons. The molecule has 2 aromatic rings. The van der Waals surface area contributed by atoms with Gasteiger partial charge in [-0.25, -0.2) is 0 Å². The molecule has 2 aliphatic heterocycles. The summed E-state index contributed by atoms with van der Waals surface area (Å²) in [6.45, 7) is 4.43. The van der Waals surface area contributed by atoms with E-state index in [-0.39, 0.29) is 0 Å². The minimum absolute atomic E-state index is 0.623. The van der Waals surface area contributed by atoms with Crippen molar-refractivity contribution in [3.05, 3.63) is 53.1 Å². The third kappa shape index (κ3) is 2.63. The summed E-state index contributed by atoms with van der Waals surface area (Å²) in [6, 6.07) is 13.1. The summed E-state index contributed by atoms with van der Waals surface area (Å²) in [5.41, 5.74) is 5.27. The first kappa shape index (κ1) is 13.5. The molecule has 3 nitrogen and oxygen atoms in total. The van der Waals surface area contributed by atoms with Crippen LogP contribution in [0.2, 0.25) is 0 Å². The van der Waals surface area contributed by atoms with E-state index >= 15 is 0 Å². The molecule has 0 saturated heterocycles. The Bertz CT molecular complexity index is 679. The van der Waals surface area contributed by atoms with Crippen molar-refractivity contribution in [3.63, 3.8) is 0 Å². The van der Waals surface area contributed by atoms with Crippen molar-refractivity contribution in [1.82, 2.24) is 0 Å². The van der Waals surface area contributed by atoms with E-state index in [0.717, 1.165) is 30.9 Å². The summed E-state index contributed by atoms with van der Waals surface area (Å²) in [7, 11) is 0. The molecular weight excluding hydrogens is 274 g/mol. The molecule has 0 aliphatic carbocycles. The summed E-state index contributed by atoms with van der Waals surface area (Å²) in [5.74, 6) is 2.38. The van der Waals surface area contributed by atoms with E-state index in [2.05, 4.69) is 48.6 Å². The summed E-state index contributed by atoms with van der Waals surface area (Å²) >= 11 is 0. The zero-order valence-electron chi connectivity index (χ0n) is 12.9. The van der Waals surface area contributed by atoms with Gasteiger partial charge in [-0.1, -0.05) is 29.8 Å². The minimum atomic E-state index is 0.623. The second-order valence-electron chi connectivity index (χ2n) is 6.29. The van der Waals surface area contributed by atoms with Gasteiger partial charge in [0.15, 0.2) is 11.5 Å². The fraction of sp³-hybridized carbons (Fsp3) is 0.368. The number of hydrogen-bond donors (Lipinski definition) is 1. The number of benzene rings is 2. The average Bonchev–Trinajstić information content (AvgIpc) is 2.55. The molecule has 0 saturated carbocycles. The number of hydrogen-bond acceptors (Lipinski definition) is 3. The predicted octanol–water partition coefficient (Wildman–Crippen LogP) is 3.59. The fourth-order valence-electron chi connectivity index (χ4n) is 3.30. The topological polar surface area (TPSA) is 30.5 Å². The first-order chi connectivity index (χ1) is 10.8. The van der Waals surface area contributed by atoms with Crippen LogP contribution >= 0.6 is 0 Å². The monoisotopic (exact) mass is 295 g/mol. The maximum Gasteiger partial charge on any atom is 0.163 e. The Morgan fingerprint density at radius 3 is 2.55 bits per heavy atom. The van der Waals surface area contributed by atoms with Crippen molar-refractivity contribution in [1.29, 1.82) is 0 Å². The SMILES string of the molecule is Cc1ccc(CC2CNc3cc4c(cc3C2)OCCO4)cc1.